The minimum atomic E-state index is -0.324. The molecule has 0 aromatic heterocycles. The molecule has 2 rings (SSSR count). The van der Waals surface area contributed by atoms with Gasteiger partial charge in [-0.2, -0.15) is 0 Å². The Kier molecular flexibility index (Phi) is 2.93. The third kappa shape index (κ3) is 2.13. The molecular weight excluding hydrogens is 212 g/mol. The third-order valence-electron chi connectivity index (χ3n) is 2.50. The molecule has 1 heterocycles. The molecular formula is C11H13ClN2O. The molecule has 2 atom stereocenters. The lowest BCUT2D eigenvalue weighted by molar-refractivity contribution is -0.125. The Morgan fingerprint density at radius 2 is 2.13 bits per heavy atom. The average Bonchev–Trinajstić information content (AvgIpc) is 2.20. The number of carbonyl (C=O) groups is 1. The van der Waals surface area contributed by atoms with E-state index >= 15 is 0 Å². The number of amides is 1. The zero-order valence-corrected chi connectivity index (χ0v) is 9.21. The Hall–Kier alpha value is -1.06. The smallest absolute Gasteiger partial charge is 0.242 e. The fourth-order valence-corrected chi connectivity index (χ4v) is 1.97. The van der Waals surface area contributed by atoms with Crippen molar-refractivity contribution in [1.82, 2.24) is 10.6 Å². The molecule has 0 saturated carbocycles. The molecule has 0 radical (unpaired) electrons. The van der Waals surface area contributed by atoms with E-state index in [1.54, 1.807) is 6.07 Å². The molecule has 0 spiro atoms. The van der Waals surface area contributed by atoms with Crippen LogP contribution in [0.5, 0.6) is 0 Å². The van der Waals surface area contributed by atoms with Crippen molar-refractivity contribution < 1.29 is 4.79 Å². The quantitative estimate of drug-likeness (QED) is 0.759. The van der Waals surface area contributed by atoms with E-state index in [0.29, 0.717) is 5.02 Å². The van der Waals surface area contributed by atoms with Gasteiger partial charge in [-0.05, 0) is 18.6 Å². The molecule has 1 aliphatic rings. The number of benzene rings is 1. The van der Waals surface area contributed by atoms with Crippen molar-refractivity contribution in [3.63, 3.8) is 0 Å². The first-order chi connectivity index (χ1) is 7.18. The van der Waals surface area contributed by atoms with E-state index in [4.69, 9.17) is 11.6 Å². The summed E-state index contributed by atoms with van der Waals surface area (Å²) in [5.74, 6) is -0.0122. The highest BCUT2D eigenvalue weighted by atomic mass is 35.5. The van der Waals surface area contributed by atoms with Gasteiger partial charge in [0.1, 0.15) is 6.04 Å². The number of hydrogen-bond donors (Lipinski definition) is 2. The second kappa shape index (κ2) is 4.21. The molecule has 1 aromatic carbocycles. The molecule has 1 aliphatic heterocycles. The van der Waals surface area contributed by atoms with Crippen LogP contribution >= 0.6 is 11.6 Å². The Labute approximate surface area is 93.8 Å². The zero-order valence-electron chi connectivity index (χ0n) is 8.46. The van der Waals surface area contributed by atoms with Crippen molar-refractivity contribution in [2.45, 2.75) is 19.0 Å². The summed E-state index contributed by atoms with van der Waals surface area (Å²) in [6.07, 6.45) is 0. The highest BCUT2D eigenvalue weighted by Crippen LogP contribution is 2.24. The summed E-state index contributed by atoms with van der Waals surface area (Å²) in [6.45, 7) is 2.73. The van der Waals surface area contributed by atoms with Crippen LogP contribution in [0, 0.1) is 0 Å². The summed E-state index contributed by atoms with van der Waals surface area (Å²) in [4.78, 5) is 11.7. The summed E-state index contributed by atoms with van der Waals surface area (Å²) in [6, 6.07) is 7.26. The van der Waals surface area contributed by atoms with Crippen molar-refractivity contribution >= 4 is 17.5 Å². The molecule has 3 nitrogen and oxygen atoms in total. The average molecular weight is 225 g/mol. The van der Waals surface area contributed by atoms with Crippen LogP contribution in [0.15, 0.2) is 24.3 Å². The van der Waals surface area contributed by atoms with Gasteiger partial charge in [-0.25, -0.2) is 0 Å². The normalized spacial score (nSPS) is 26.1. The highest BCUT2D eigenvalue weighted by Gasteiger charge is 2.27. The molecule has 1 fully saturated rings. The maximum Gasteiger partial charge on any atom is 0.242 e. The molecule has 15 heavy (non-hydrogen) atoms. The van der Waals surface area contributed by atoms with Crippen LogP contribution in [0.1, 0.15) is 18.5 Å². The maximum atomic E-state index is 11.7. The van der Waals surface area contributed by atoms with Crippen LogP contribution in [0.4, 0.5) is 0 Å². The lowest BCUT2D eigenvalue weighted by atomic mass is 10.0. The van der Waals surface area contributed by atoms with E-state index in [-0.39, 0.29) is 18.0 Å². The Morgan fingerprint density at radius 1 is 1.40 bits per heavy atom. The second-order valence-electron chi connectivity index (χ2n) is 3.77. The fraction of sp³-hybridized carbons (Fsp3) is 0.364. The number of hydrogen-bond acceptors (Lipinski definition) is 2. The van der Waals surface area contributed by atoms with Gasteiger partial charge in [0, 0.05) is 17.6 Å². The van der Waals surface area contributed by atoms with E-state index in [9.17, 15) is 4.79 Å². The van der Waals surface area contributed by atoms with Gasteiger partial charge in [0.15, 0.2) is 0 Å². The first-order valence-electron chi connectivity index (χ1n) is 4.96. The highest BCUT2D eigenvalue weighted by molar-refractivity contribution is 6.31. The lowest BCUT2D eigenvalue weighted by Crippen LogP contribution is -2.52. The van der Waals surface area contributed by atoms with Crippen molar-refractivity contribution in [2.75, 3.05) is 6.54 Å². The molecule has 2 N–H and O–H groups in total. The van der Waals surface area contributed by atoms with E-state index in [2.05, 4.69) is 10.6 Å². The van der Waals surface area contributed by atoms with Crippen molar-refractivity contribution in [2.24, 2.45) is 0 Å². The van der Waals surface area contributed by atoms with E-state index < -0.39 is 0 Å². The van der Waals surface area contributed by atoms with Gasteiger partial charge < -0.3 is 10.6 Å². The Bertz CT molecular complexity index is 381. The lowest BCUT2D eigenvalue weighted by Gasteiger charge is -2.28. The number of nitrogens with one attached hydrogen (secondary N) is 2. The summed E-state index contributed by atoms with van der Waals surface area (Å²) in [5, 5.41) is 6.70. The van der Waals surface area contributed by atoms with Gasteiger partial charge in [-0.3, -0.25) is 4.79 Å². The van der Waals surface area contributed by atoms with E-state index in [1.165, 1.54) is 0 Å². The Balaban J connectivity index is 2.24. The second-order valence-corrected chi connectivity index (χ2v) is 4.18. The summed E-state index contributed by atoms with van der Waals surface area (Å²) in [7, 11) is 0. The van der Waals surface area contributed by atoms with Gasteiger partial charge in [0.05, 0.1) is 0 Å². The summed E-state index contributed by atoms with van der Waals surface area (Å²) >= 11 is 6.04. The fourth-order valence-electron chi connectivity index (χ4n) is 1.72. The first-order valence-corrected chi connectivity index (χ1v) is 5.34. The molecule has 1 aromatic rings. The molecule has 0 aliphatic carbocycles. The van der Waals surface area contributed by atoms with Gasteiger partial charge >= 0.3 is 0 Å². The number of rotatable bonds is 1. The number of halogens is 1. The third-order valence-corrected chi connectivity index (χ3v) is 2.84. The number of piperazine rings is 1. The van der Waals surface area contributed by atoms with Crippen LogP contribution in [0.25, 0.3) is 0 Å². The van der Waals surface area contributed by atoms with Crippen molar-refractivity contribution in [1.29, 1.82) is 0 Å². The van der Waals surface area contributed by atoms with E-state index in [0.717, 1.165) is 12.1 Å². The summed E-state index contributed by atoms with van der Waals surface area (Å²) in [5.41, 5.74) is 0.837. The zero-order chi connectivity index (χ0) is 10.8. The predicted octanol–water partition coefficient (Wildman–Crippen LogP) is 1.49. The van der Waals surface area contributed by atoms with Gasteiger partial charge in [0.25, 0.3) is 0 Å². The van der Waals surface area contributed by atoms with Gasteiger partial charge in [-0.1, -0.05) is 29.8 Å². The largest absolute Gasteiger partial charge is 0.351 e. The van der Waals surface area contributed by atoms with Crippen LogP contribution in [0.3, 0.4) is 0 Å². The van der Waals surface area contributed by atoms with Crippen LogP contribution in [0.2, 0.25) is 5.02 Å². The van der Waals surface area contributed by atoms with E-state index in [1.807, 2.05) is 25.1 Å². The van der Waals surface area contributed by atoms with Crippen LogP contribution < -0.4 is 10.6 Å². The first kappa shape index (κ1) is 10.5. The molecule has 0 bridgehead atoms. The van der Waals surface area contributed by atoms with Crippen molar-refractivity contribution in [3.05, 3.63) is 34.9 Å². The molecule has 1 saturated heterocycles. The minimum Gasteiger partial charge on any atom is -0.351 e. The van der Waals surface area contributed by atoms with Crippen LogP contribution in [-0.4, -0.2) is 18.5 Å². The number of carbonyl (C=O) groups excluding carboxylic acids is 1. The van der Waals surface area contributed by atoms with Crippen LogP contribution in [-0.2, 0) is 4.79 Å². The molecule has 80 valence electrons. The standard InChI is InChI=1S/C11H13ClN2O/c1-7-6-13-10(11(15)14-7)8-4-2-3-5-9(8)12/h2-5,7,10,13H,6H2,1H3,(H,14,15). The Morgan fingerprint density at radius 3 is 2.80 bits per heavy atom. The monoisotopic (exact) mass is 224 g/mol. The van der Waals surface area contributed by atoms with Gasteiger partial charge in [-0.15, -0.1) is 0 Å². The van der Waals surface area contributed by atoms with Gasteiger partial charge in [0.2, 0.25) is 5.91 Å². The topological polar surface area (TPSA) is 41.1 Å². The molecule has 2 unspecified atom stereocenters. The maximum absolute atomic E-state index is 11.7. The molecule has 4 heteroatoms. The molecule has 1 amide bonds. The van der Waals surface area contributed by atoms with Crippen molar-refractivity contribution in [3.8, 4) is 0 Å². The summed E-state index contributed by atoms with van der Waals surface area (Å²) < 4.78 is 0. The SMILES string of the molecule is CC1CNC(c2ccccc2Cl)C(=O)N1. The minimum absolute atomic E-state index is 0.0122. The predicted molar refractivity (Wildman–Crippen MR) is 59.8 cm³/mol.